The summed E-state index contributed by atoms with van der Waals surface area (Å²) in [5.41, 5.74) is 5.56. The van der Waals surface area contributed by atoms with Gasteiger partial charge in [-0.2, -0.15) is 0 Å². The second-order valence-corrected chi connectivity index (χ2v) is 8.28. The van der Waals surface area contributed by atoms with Crippen molar-refractivity contribution >= 4 is 16.9 Å². The number of ether oxygens (including phenoxy) is 1. The number of fused-ring (bicyclic) bond motifs is 1. The monoisotopic (exact) mass is 363 g/mol. The zero-order chi connectivity index (χ0) is 18.6. The number of hydrogen-bond acceptors (Lipinski definition) is 3. The zero-order valence-corrected chi connectivity index (χ0v) is 15.9. The molecular weight excluding hydrogens is 338 g/mol. The third-order valence-electron chi connectivity index (χ3n) is 6.07. The van der Waals surface area contributed by atoms with E-state index in [1.807, 2.05) is 6.07 Å². The smallest absolute Gasteiger partial charge is 0.374 e. The fraction of sp³-hybridized carbons (Fsp3) is 0.435. The van der Waals surface area contributed by atoms with E-state index < -0.39 is 5.97 Å². The Labute approximate surface area is 158 Å². The van der Waals surface area contributed by atoms with E-state index >= 15 is 0 Å². The van der Waals surface area contributed by atoms with Crippen LogP contribution in [0.1, 0.15) is 78.6 Å². The van der Waals surface area contributed by atoms with Crippen LogP contribution in [-0.2, 0) is 16.6 Å². The van der Waals surface area contributed by atoms with Crippen LogP contribution in [-0.4, -0.2) is 17.6 Å². The summed E-state index contributed by atoms with van der Waals surface area (Å²) >= 11 is 0. The number of nitrogens with one attached hydrogen (secondary N) is 1. The number of aromatic nitrogens is 1. The molecule has 4 heteroatoms. The first kappa shape index (κ1) is 16.7. The number of carbonyl (C=O) groups excluding carboxylic acids is 1. The molecule has 1 N–H and O–H groups in total. The van der Waals surface area contributed by atoms with E-state index in [0.717, 1.165) is 11.7 Å². The highest BCUT2D eigenvalue weighted by molar-refractivity contribution is 5.87. The van der Waals surface area contributed by atoms with Gasteiger partial charge in [0.15, 0.2) is 0 Å². The molecule has 140 valence electrons. The van der Waals surface area contributed by atoms with Crippen molar-refractivity contribution in [2.75, 3.05) is 6.61 Å². The van der Waals surface area contributed by atoms with Crippen LogP contribution in [0.5, 0.6) is 0 Å². The lowest BCUT2D eigenvalue weighted by atomic mass is 9.96. The van der Waals surface area contributed by atoms with Gasteiger partial charge in [0, 0.05) is 28.4 Å². The summed E-state index contributed by atoms with van der Waals surface area (Å²) < 4.78 is 10.8. The molecule has 1 aromatic carbocycles. The Morgan fingerprint density at radius 3 is 2.78 bits per heavy atom. The summed E-state index contributed by atoms with van der Waals surface area (Å²) in [4.78, 5) is 15.6. The SMILES string of the molecule is CCOC(=O)c1ccc(Cc2c(C3(C)CC3)[nH]c3cc(C4CC4)ccc23)o1. The molecule has 0 radical (unpaired) electrons. The molecule has 5 rings (SSSR count). The van der Waals surface area contributed by atoms with Gasteiger partial charge in [-0.1, -0.05) is 19.1 Å². The van der Waals surface area contributed by atoms with E-state index in [1.165, 1.54) is 53.4 Å². The number of carbonyl (C=O) groups is 1. The summed E-state index contributed by atoms with van der Waals surface area (Å²) in [7, 11) is 0. The van der Waals surface area contributed by atoms with Crippen LogP contribution in [0.3, 0.4) is 0 Å². The van der Waals surface area contributed by atoms with E-state index in [2.05, 4.69) is 30.1 Å². The summed E-state index contributed by atoms with van der Waals surface area (Å²) in [5.74, 6) is 1.43. The molecule has 0 spiro atoms. The van der Waals surface area contributed by atoms with E-state index in [9.17, 15) is 4.79 Å². The highest BCUT2D eigenvalue weighted by Crippen LogP contribution is 2.50. The van der Waals surface area contributed by atoms with Crippen molar-refractivity contribution in [2.24, 2.45) is 0 Å². The molecule has 0 atom stereocenters. The number of furan rings is 1. The molecular formula is C23H25NO3. The number of esters is 1. The van der Waals surface area contributed by atoms with Crippen molar-refractivity contribution in [1.29, 1.82) is 0 Å². The molecule has 2 saturated carbocycles. The van der Waals surface area contributed by atoms with Gasteiger partial charge in [0.1, 0.15) is 5.76 Å². The Kier molecular flexibility index (Phi) is 3.71. The fourth-order valence-electron chi connectivity index (χ4n) is 4.04. The van der Waals surface area contributed by atoms with Gasteiger partial charge < -0.3 is 14.1 Å². The van der Waals surface area contributed by atoms with Crippen LogP contribution in [0.2, 0.25) is 0 Å². The van der Waals surface area contributed by atoms with Crippen molar-refractivity contribution in [2.45, 2.75) is 57.3 Å². The number of benzene rings is 1. The van der Waals surface area contributed by atoms with Gasteiger partial charge in [-0.05, 0) is 67.9 Å². The van der Waals surface area contributed by atoms with Crippen molar-refractivity contribution in [3.63, 3.8) is 0 Å². The van der Waals surface area contributed by atoms with Crippen LogP contribution in [0.4, 0.5) is 0 Å². The van der Waals surface area contributed by atoms with Crippen molar-refractivity contribution < 1.29 is 13.9 Å². The Morgan fingerprint density at radius 1 is 1.26 bits per heavy atom. The van der Waals surface area contributed by atoms with Crippen molar-refractivity contribution in [3.05, 3.63) is 58.7 Å². The minimum absolute atomic E-state index is 0.241. The molecule has 0 saturated heterocycles. The molecule has 2 aliphatic carbocycles. The summed E-state index contributed by atoms with van der Waals surface area (Å²) in [6, 6.07) is 10.5. The Morgan fingerprint density at radius 2 is 2.07 bits per heavy atom. The lowest BCUT2D eigenvalue weighted by Crippen LogP contribution is -2.05. The second-order valence-electron chi connectivity index (χ2n) is 8.28. The molecule has 2 heterocycles. The maximum atomic E-state index is 11.9. The second kappa shape index (κ2) is 6.01. The van der Waals surface area contributed by atoms with E-state index in [0.29, 0.717) is 13.0 Å². The van der Waals surface area contributed by atoms with Crippen LogP contribution in [0.25, 0.3) is 10.9 Å². The fourth-order valence-corrected chi connectivity index (χ4v) is 4.04. The van der Waals surface area contributed by atoms with Crippen molar-refractivity contribution in [1.82, 2.24) is 4.98 Å². The molecule has 2 aromatic heterocycles. The Balaban J connectivity index is 1.52. The Bertz CT molecular complexity index is 1020. The van der Waals surface area contributed by atoms with Crippen LogP contribution < -0.4 is 0 Å². The van der Waals surface area contributed by atoms with Gasteiger partial charge in [-0.15, -0.1) is 0 Å². The van der Waals surface area contributed by atoms with Crippen LogP contribution in [0.15, 0.2) is 34.7 Å². The van der Waals surface area contributed by atoms with Gasteiger partial charge in [0.2, 0.25) is 5.76 Å². The van der Waals surface area contributed by atoms with Gasteiger partial charge >= 0.3 is 5.97 Å². The molecule has 2 fully saturated rings. The maximum Gasteiger partial charge on any atom is 0.374 e. The number of aromatic amines is 1. The van der Waals surface area contributed by atoms with Crippen LogP contribution in [0, 0.1) is 0 Å². The van der Waals surface area contributed by atoms with E-state index in [1.54, 1.807) is 13.0 Å². The molecule has 0 unspecified atom stereocenters. The third kappa shape index (κ3) is 2.97. The summed E-state index contributed by atoms with van der Waals surface area (Å²) in [6.07, 6.45) is 5.75. The average molecular weight is 363 g/mol. The minimum atomic E-state index is -0.397. The first-order valence-electron chi connectivity index (χ1n) is 9.98. The first-order chi connectivity index (χ1) is 13.1. The normalized spacial score (nSPS) is 18.0. The predicted octanol–water partition coefficient (Wildman–Crippen LogP) is 5.46. The molecule has 0 amide bonds. The van der Waals surface area contributed by atoms with Gasteiger partial charge in [0.25, 0.3) is 0 Å². The van der Waals surface area contributed by atoms with Gasteiger partial charge in [0.05, 0.1) is 6.61 Å². The molecule has 0 aliphatic heterocycles. The van der Waals surface area contributed by atoms with E-state index in [-0.39, 0.29) is 11.2 Å². The number of H-pyrrole nitrogens is 1. The highest BCUT2D eigenvalue weighted by atomic mass is 16.5. The molecule has 27 heavy (non-hydrogen) atoms. The molecule has 4 nitrogen and oxygen atoms in total. The zero-order valence-electron chi connectivity index (χ0n) is 15.9. The first-order valence-corrected chi connectivity index (χ1v) is 9.98. The number of rotatable bonds is 6. The largest absolute Gasteiger partial charge is 0.460 e. The predicted molar refractivity (Wildman–Crippen MR) is 104 cm³/mol. The lowest BCUT2D eigenvalue weighted by molar-refractivity contribution is 0.0488. The minimum Gasteiger partial charge on any atom is -0.460 e. The number of hydrogen-bond donors (Lipinski definition) is 1. The average Bonchev–Trinajstić information content (AvgIpc) is 3.56. The highest BCUT2D eigenvalue weighted by Gasteiger charge is 2.42. The lowest BCUT2D eigenvalue weighted by Gasteiger charge is -2.09. The van der Waals surface area contributed by atoms with E-state index in [4.69, 9.17) is 9.15 Å². The van der Waals surface area contributed by atoms with Crippen LogP contribution >= 0.6 is 0 Å². The summed E-state index contributed by atoms with van der Waals surface area (Å²) in [5, 5.41) is 1.27. The molecule has 2 aliphatic rings. The topological polar surface area (TPSA) is 55.2 Å². The van der Waals surface area contributed by atoms with Gasteiger partial charge in [-0.25, -0.2) is 4.79 Å². The maximum absolute atomic E-state index is 11.9. The third-order valence-corrected chi connectivity index (χ3v) is 6.07. The quantitative estimate of drug-likeness (QED) is 0.592. The molecule has 3 aromatic rings. The standard InChI is InChI=1S/C23H25NO3/c1-3-26-22(25)20-9-7-16(27-20)13-18-17-8-6-15(14-4-5-14)12-19(17)24-21(18)23(2)10-11-23/h6-9,12,14,24H,3-5,10-11,13H2,1-2H3. The van der Waals surface area contributed by atoms with Gasteiger partial charge in [-0.3, -0.25) is 0 Å². The Hall–Kier alpha value is -2.49. The molecule has 0 bridgehead atoms. The summed E-state index contributed by atoms with van der Waals surface area (Å²) in [6.45, 7) is 4.48. The van der Waals surface area contributed by atoms with Crippen molar-refractivity contribution in [3.8, 4) is 0 Å².